The topological polar surface area (TPSA) is 38.7 Å². The maximum atomic E-state index is 13.9. The summed E-state index contributed by atoms with van der Waals surface area (Å²) in [5, 5.41) is 1.14. The number of hydrogen-bond acceptors (Lipinski definition) is 4. The summed E-state index contributed by atoms with van der Waals surface area (Å²) in [6, 6.07) is 0. The summed E-state index contributed by atoms with van der Waals surface area (Å²) < 4.78 is 13.9. The fourth-order valence-corrected chi connectivity index (χ4v) is 2.32. The molecule has 0 aliphatic heterocycles. The lowest BCUT2D eigenvalue weighted by atomic mass is 10.1. The van der Waals surface area contributed by atoms with E-state index in [-0.39, 0.29) is 10.7 Å². The van der Waals surface area contributed by atoms with Gasteiger partial charge in [0.1, 0.15) is 5.52 Å². The van der Waals surface area contributed by atoms with Gasteiger partial charge in [-0.3, -0.25) is 0 Å². The van der Waals surface area contributed by atoms with Crippen LogP contribution in [0, 0.1) is 5.82 Å². The van der Waals surface area contributed by atoms with Gasteiger partial charge in [-0.05, 0) is 19.1 Å². The molecule has 1 fully saturated rings. The standard InChI is InChI=1S/C11H9ClFN3S/c1-17-11-14-4-6-8(5-2-3-5)15-10(12)7(13)9(6)16-11/h4-5H,2-3H2,1H3. The molecule has 88 valence electrons. The quantitative estimate of drug-likeness (QED) is 0.476. The summed E-state index contributed by atoms with van der Waals surface area (Å²) in [7, 11) is 0. The molecule has 0 amide bonds. The van der Waals surface area contributed by atoms with E-state index in [1.165, 1.54) is 11.8 Å². The molecule has 2 aromatic heterocycles. The third-order valence-corrected chi connectivity index (χ3v) is 3.61. The van der Waals surface area contributed by atoms with Crippen molar-refractivity contribution >= 4 is 34.3 Å². The fraction of sp³-hybridized carbons (Fsp3) is 0.364. The Morgan fingerprint density at radius 3 is 2.82 bits per heavy atom. The fourth-order valence-electron chi connectivity index (χ4n) is 1.80. The molecule has 0 aromatic carbocycles. The second-order valence-electron chi connectivity index (χ2n) is 4.00. The van der Waals surface area contributed by atoms with E-state index in [2.05, 4.69) is 15.0 Å². The maximum Gasteiger partial charge on any atom is 0.187 e. The van der Waals surface area contributed by atoms with Crippen LogP contribution in [-0.4, -0.2) is 21.2 Å². The average molecular weight is 270 g/mol. The van der Waals surface area contributed by atoms with Gasteiger partial charge in [-0.2, -0.15) is 0 Å². The van der Waals surface area contributed by atoms with Crippen molar-refractivity contribution in [1.29, 1.82) is 0 Å². The van der Waals surface area contributed by atoms with E-state index in [1.807, 2.05) is 6.26 Å². The number of halogens is 2. The van der Waals surface area contributed by atoms with Crippen LogP contribution in [0.2, 0.25) is 5.15 Å². The van der Waals surface area contributed by atoms with Crippen molar-refractivity contribution in [2.24, 2.45) is 0 Å². The first-order valence-electron chi connectivity index (χ1n) is 5.26. The molecule has 1 aliphatic rings. The van der Waals surface area contributed by atoms with Gasteiger partial charge in [-0.15, -0.1) is 0 Å². The number of thioether (sulfide) groups is 1. The van der Waals surface area contributed by atoms with Crippen molar-refractivity contribution in [3.8, 4) is 0 Å². The van der Waals surface area contributed by atoms with Gasteiger partial charge in [0, 0.05) is 17.5 Å². The Hall–Kier alpha value is -0.940. The Kier molecular flexibility index (Phi) is 2.67. The van der Waals surface area contributed by atoms with E-state index in [9.17, 15) is 4.39 Å². The molecule has 0 N–H and O–H groups in total. The Bertz CT molecular complexity index is 601. The summed E-state index contributed by atoms with van der Waals surface area (Å²) in [6.07, 6.45) is 5.65. The number of pyridine rings is 1. The highest BCUT2D eigenvalue weighted by atomic mass is 35.5. The Labute approximate surface area is 107 Å². The molecule has 0 bridgehead atoms. The van der Waals surface area contributed by atoms with Crippen LogP contribution in [0.3, 0.4) is 0 Å². The van der Waals surface area contributed by atoms with Crippen LogP contribution < -0.4 is 0 Å². The van der Waals surface area contributed by atoms with Gasteiger partial charge in [0.15, 0.2) is 16.1 Å². The molecule has 1 saturated carbocycles. The molecule has 2 heterocycles. The highest BCUT2D eigenvalue weighted by Crippen LogP contribution is 2.42. The highest BCUT2D eigenvalue weighted by Gasteiger charge is 2.29. The molecule has 3 rings (SSSR count). The molecular formula is C11H9ClFN3S. The van der Waals surface area contributed by atoms with Crippen LogP contribution in [0.1, 0.15) is 24.5 Å². The number of fused-ring (bicyclic) bond motifs is 1. The summed E-state index contributed by atoms with van der Waals surface area (Å²) in [5.41, 5.74) is 1.12. The van der Waals surface area contributed by atoms with Crippen molar-refractivity contribution in [2.45, 2.75) is 23.9 Å². The monoisotopic (exact) mass is 269 g/mol. The third-order valence-electron chi connectivity index (χ3n) is 2.80. The minimum Gasteiger partial charge on any atom is -0.237 e. The second-order valence-corrected chi connectivity index (χ2v) is 5.13. The molecule has 0 unspecified atom stereocenters. The summed E-state index contributed by atoms with van der Waals surface area (Å²) in [4.78, 5) is 12.5. The molecule has 0 spiro atoms. The molecule has 6 heteroatoms. The van der Waals surface area contributed by atoms with E-state index in [0.717, 1.165) is 18.5 Å². The molecule has 17 heavy (non-hydrogen) atoms. The minimum atomic E-state index is -0.552. The van der Waals surface area contributed by atoms with E-state index in [4.69, 9.17) is 11.6 Å². The van der Waals surface area contributed by atoms with E-state index >= 15 is 0 Å². The van der Waals surface area contributed by atoms with Crippen LogP contribution >= 0.6 is 23.4 Å². The molecule has 0 atom stereocenters. The van der Waals surface area contributed by atoms with E-state index in [0.29, 0.717) is 16.5 Å². The first kappa shape index (κ1) is 11.2. The first-order valence-corrected chi connectivity index (χ1v) is 6.86. The molecule has 0 saturated heterocycles. The van der Waals surface area contributed by atoms with Crippen LogP contribution in [0.5, 0.6) is 0 Å². The molecule has 1 aliphatic carbocycles. The second kappa shape index (κ2) is 4.07. The molecule has 2 aromatic rings. The average Bonchev–Trinajstić information content (AvgIpc) is 3.17. The molecule has 0 radical (unpaired) electrons. The maximum absolute atomic E-state index is 13.9. The lowest BCUT2D eigenvalue weighted by Crippen LogP contribution is -1.98. The van der Waals surface area contributed by atoms with Gasteiger partial charge in [-0.25, -0.2) is 19.3 Å². The lowest BCUT2D eigenvalue weighted by molar-refractivity contribution is 0.628. The van der Waals surface area contributed by atoms with Crippen molar-refractivity contribution < 1.29 is 4.39 Å². The zero-order valence-corrected chi connectivity index (χ0v) is 10.6. The van der Waals surface area contributed by atoms with Crippen LogP contribution in [0.25, 0.3) is 10.9 Å². The predicted molar refractivity (Wildman–Crippen MR) is 66.1 cm³/mol. The lowest BCUT2D eigenvalue weighted by Gasteiger charge is -2.07. The van der Waals surface area contributed by atoms with Gasteiger partial charge in [0.05, 0.1) is 5.69 Å². The van der Waals surface area contributed by atoms with Crippen LogP contribution in [-0.2, 0) is 0 Å². The molecular weight excluding hydrogens is 261 g/mol. The van der Waals surface area contributed by atoms with Gasteiger partial charge >= 0.3 is 0 Å². The zero-order valence-electron chi connectivity index (χ0n) is 9.07. The van der Waals surface area contributed by atoms with Gasteiger partial charge < -0.3 is 0 Å². The Balaban J connectivity index is 2.32. The number of nitrogens with zero attached hydrogens (tertiary/aromatic N) is 3. The molecule has 3 nitrogen and oxygen atoms in total. The van der Waals surface area contributed by atoms with Crippen molar-refractivity contribution in [3.63, 3.8) is 0 Å². The number of aromatic nitrogens is 3. The zero-order chi connectivity index (χ0) is 12.0. The smallest absolute Gasteiger partial charge is 0.187 e. The SMILES string of the molecule is CSc1ncc2c(C3CC3)nc(Cl)c(F)c2n1. The number of hydrogen-bond donors (Lipinski definition) is 0. The summed E-state index contributed by atoms with van der Waals surface area (Å²) in [6.45, 7) is 0. The van der Waals surface area contributed by atoms with Gasteiger partial charge in [-0.1, -0.05) is 23.4 Å². The largest absolute Gasteiger partial charge is 0.237 e. The highest BCUT2D eigenvalue weighted by molar-refractivity contribution is 7.98. The van der Waals surface area contributed by atoms with E-state index < -0.39 is 5.82 Å². The normalized spacial score (nSPS) is 15.5. The van der Waals surface area contributed by atoms with Crippen molar-refractivity contribution in [1.82, 2.24) is 15.0 Å². The predicted octanol–water partition coefficient (Wildman–Crippen LogP) is 3.42. The Morgan fingerprint density at radius 2 is 2.18 bits per heavy atom. The van der Waals surface area contributed by atoms with Crippen molar-refractivity contribution in [3.05, 3.63) is 22.9 Å². The van der Waals surface area contributed by atoms with Crippen molar-refractivity contribution in [2.75, 3.05) is 6.26 Å². The van der Waals surface area contributed by atoms with Gasteiger partial charge in [0.2, 0.25) is 0 Å². The Morgan fingerprint density at radius 1 is 1.41 bits per heavy atom. The minimum absolute atomic E-state index is 0.0925. The van der Waals surface area contributed by atoms with Crippen LogP contribution in [0.15, 0.2) is 11.4 Å². The third kappa shape index (κ3) is 1.87. The number of rotatable bonds is 2. The first-order chi connectivity index (χ1) is 8.20. The van der Waals surface area contributed by atoms with Gasteiger partial charge in [0.25, 0.3) is 0 Å². The summed E-state index contributed by atoms with van der Waals surface area (Å²) in [5.74, 6) is -0.164. The summed E-state index contributed by atoms with van der Waals surface area (Å²) >= 11 is 7.18. The van der Waals surface area contributed by atoms with Crippen LogP contribution in [0.4, 0.5) is 4.39 Å². The van der Waals surface area contributed by atoms with E-state index in [1.54, 1.807) is 6.20 Å².